The van der Waals surface area contributed by atoms with Crippen LogP contribution in [0.2, 0.25) is 0 Å². The molecule has 2 nitrogen and oxygen atoms in total. The maximum absolute atomic E-state index is 5.32. The molecule has 0 bridgehead atoms. The molecule has 1 N–H and O–H groups in total. The van der Waals surface area contributed by atoms with E-state index in [9.17, 15) is 0 Å². The van der Waals surface area contributed by atoms with Gasteiger partial charge in [0.15, 0.2) is 0 Å². The van der Waals surface area contributed by atoms with Gasteiger partial charge in [-0.2, -0.15) is 0 Å². The van der Waals surface area contributed by atoms with E-state index in [-0.39, 0.29) is 0 Å². The molecule has 0 unspecified atom stereocenters. The number of benzene rings is 6. The average Bonchev–Trinajstić information content (AvgIpc) is 3.30. The van der Waals surface area contributed by atoms with Crippen LogP contribution in [0.4, 0.5) is 0 Å². The van der Waals surface area contributed by atoms with Crippen molar-refractivity contribution in [3.05, 3.63) is 115 Å². The van der Waals surface area contributed by atoms with Gasteiger partial charge in [-0.3, -0.25) is 0 Å². The van der Waals surface area contributed by atoms with Crippen molar-refractivity contribution in [1.29, 1.82) is 0 Å². The molecule has 0 amide bonds. The van der Waals surface area contributed by atoms with Crippen molar-refractivity contribution < 1.29 is 0 Å². The van der Waals surface area contributed by atoms with Crippen molar-refractivity contribution in [2.24, 2.45) is 0 Å². The van der Waals surface area contributed by atoms with E-state index >= 15 is 0 Å². The maximum atomic E-state index is 5.32. The number of aromatic nitrogens is 2. The van der Waals surface area contributed by atoms with Gasteiger partial charge in [-0.05, 0) is 39.2 Å². The van der Waals surface area contributed by atoms with Gasteiger partial charge in [-0.25, -0.2) is 4.98 Å². The highest BCUT2D eigenvalue weighted by atomic mass is 14.8. The topological polar surface area (TPSA) is 28.7 Å². The van der Waals surface area contributed by atoms with Crippen LogP contribution in [-0.2, 0) is 0 Å². The average molecular weight is 445 g/mol. The minimum atomic E-state index is 1.03. The fourth-order valence-electron chi connectivity index (χ4n) is 5.69. The summed E-state index contributed by atoms with van der Waals surface area (Å²) in [6, 6.07) is 41.3. The molecule has 2 heterocycles. The van der Waals surface area contributed by atoms with E-state index < -0.39 is 0 Å². The van der Waals surface area contributed by atoms with Crippen LogP contribution in [0.5, 0.6) is 0 Å². The highest BCUT2D eigenvalue weighted by Gasteiger charge is 2.18. The zero-order chi connectivity index (χ0) is 22.9. The Kier molecular flexibility index (Phi) is 3.69. The lowest BCUT2D eigenvalue weighted by Gasteiger charge is -2.12. The summed E-state index contributed by atoms with van der Waals surface area (Å²) in [5.74, 6) is 0. The Hall–Kier alpha value is -4.69. The van der Waals surface area contributed by atoms with E-state index in [1.54, 1.807) is 0 Å². The number of fused-ring (bicyclic) bond motifs is 9. The first-order valence-corrected chi connectivity index (χ1v) is 12.0. The molecule has 0 fully saturated rings. The normalized spacial score (nSPS) is 12.0. The fourth-order valence-corrected chi connectivity index (χ4v) is 5.69. The molecule has 0 saturated heterocycles. The number of nitrogens with zero attached hydrogens (tertiary/aromatic N) is 1. The number of pyridine rings is 1. The van der Waals surface area contributed by atoms with Crippen LogP contribution in [-0.4, -0.2) is 9.97 Å². The molecule has 6 aromatic carbocycles. The summed E-state index contributed by atoms with van der Waals surface area (Å²) in [6.07, 6.45) is 0. The van der Waals surface area contributed by atoms with Gasteiger partial charge < -0.3 is 4.98 Å². The van der Waals surface area contributed by atoms with E-state index in [1.807, 2.05) is 0 Å². The van der Waals surface area contributed by atoms with Crippen LogP contribution in [0.1, 0.15) is 0 Å². The Morgan fingerprint density at radius 2 is 1.06 bits per heavy atom. The second kappa shape index (κ2) is 6.91. The van der Waals surface area contributed by atoms with Crippen LogP contribution in [0.3, 0.4) is 0 Å². The molecule has 0 saturated carbocycles. The molecule has 35 heavy (non-hydrogen) atoms. The molecule has 0 aliphatic heterocycles. The summed E-state index contributed by atoms with van der Waals surface area (Å²) >= 11 is 0. The van der Waals surface area contributed by atoms with Gasteiger partial charge >= 0.3 is 0 Å². The Labute approximate surface area is 201 Å². The third kappa shape index (κ3) is 2.62. The summed E-state index contributed by atoms with van der Waals surface area (Å²) in [7, 11) is 0. The van der Waals surface area contributed by atoms with Gasteiger partial charge in [-0.1, -0.05) is 103 Å². The molecule has 0 atom stereocenters. The Bertz CT molecular complexity index is 2110. The van der Waals surface area contributed by atoms with Crippen LogP contribution in [0.25, 0.3) is 76.3 Å². The monoisotopic (exact) mass is 444 g/mol. The molecule has 162 valence electrons. The molecule has 0 aliphatic carbocycles. The summed E-state index contributed by atoms with van der Waals surface area (Å²) in [5.41, 5.74) is 6.72. The van der Waals surface area contributed by atoms with E-state index in [2.05, 4.69) is 120 Å². The first-order chi connectivity index (χ1) is 17.3. The smallest absolute Gasteiger partial charge is 0.0972 e. The molecule has 2 aromatic heterocycles. The molecular weight excluding hydrogens is 424 g/mol. The molecule has 8 aromatic rings. The van der Waals surface area contributed by atoms with Crippen molar-refractivity contribution in [1.82, 2.24) is 9.97 Å². The molecule has 2 heteroatoms. The lowest BCUT2D eigenvalue weighted by Crippen LogP contribution is -1.90. The molecule has 0 radical (unpaired) electrons. The zero-order valence-corrected chi connectivity index (χ0v) is 18.9. The van der Waals surface area contributed by atoms with Crippen LogP contribution >= 0.6 is 0 Å². The summed E-state index contributed by atoms with van der Waals surface area (Å²) < 4.78 is 0. The first-order valence-electron chi connectivity index (χ1n) is 12.0. The number of hydrogen-bond donors (Lipinski definition) is 1. The lowest BCUT2D eigenvalue weighted by molar-refractivity contribution is 1.50. The third-order valence-electron chi connectivity index (χ3n) is 7.35. The minimum Gasteiger partial charge on any atom is -0.352 e. The molecule has 8 rings (SSSR count). The van der Waals surface area contributed by atoms with Gasteiger partial charge in [-0.15, -0.1) is 0 Å². The molecular formula is C33H20N2. The summed E-state index contributed by atoms with van der Waals surface area (Å²) in [4.78, 5) is 9.13. The predicted octanol–water partition coefficient (Wildman–Crippen LogP) is 9.00. The number of aromatic amines is 1. The summed E-state index contributed by atoms with van der Waals surface area (Å²) in [6.45, 7) is 0. The number of rotatable bonds is 1. The number of nitrogens with one attached hydrogen (secondary N) is 1. The molecule has 0 aliphatic rings. The van der Waals surface area contributed by atoms with Gasteiger partial charge in [0.05, 0.1) is 22.1 Å². The number of hydrogen-bond acceptors (Lipinski definition) is 1. The zero-order valence-electron chi connectivity index (χ0n) is 18.9. The second-order valence-corrected chi connectivity index (χ2v) is 9.29. The first kappa shape index (κ1) is 18.7. The predicted molar refractivity (Wildman–Crippen MR) is 149 cm³/mol. The van der Waals surface area contributed by atoms with E-state index in [4.69, 9.17) is 4.98 Å². The Morgan fingerprint density at radius 3 is 1.89 bits per heavy atom. The summed E-state index contributed by atoms with van der Waals surface area (Å²) in [5, 5.41) is 9.67. The van der Waals surface area contributed by atoms with Crippen molar-refractivity contribution in [2.75, 3.05) is 0 Å². The quantitative estimate of drug-likeness (QED) is 0.251. The van der Waals surface area contributed by atoms with Crippen molar-refractivity contribution >= 4 is 65.2 Å². The fraction of sp³-hybridized carbons (Fsp3) is 0. The second-order valence-electron chi connectivity index (χ2n) is 9.29. The number of H-pyrrole nitrogens is 1. The lowest BCUT2D eigenvalue weighted by atomic mass is 9.95. The van der Waals surface area contributed by atoms with Gasteiger partial charge in [0.2, 0.25) is 0 Å². The van der Waals surface area contributed by atoms with E-state index in [0.29, 0.717) is 0 Å². The van der Waals surface area contributed by atoms with Crippen LogP contribution in [0, 0.1) is 0 Å². The van der Waals surface area contributed by atoms with E-state index in [0.717, 1.165) is 27.5 Å². The van der Waals surface area contributed by atoms with Crippen molar-refractivity contribution in [2.45, 2.75) is 0 Å². The molecule has 0 spiro atoms. The Balaban J connectivity index is 1.61. The van der Waals surface area contributed by atoms with E-state index in [1.165, 1.54) is 48.8 Å². The van der Waals surface area contributed by atoms with Gasteiger partial charge in [0.1, 0.15) is 0 Å². The van der Waals surface area contributed by atoms with Crippen LogP contribution in [0.15, 0.2) is 115 Å². The van der Waals surface area contributed by atoms with Crippen molar-refractivity contribution in [3.8, 4) is 11.1 Å². The highest BCUT2D eigenvalue weighted by Crippen LogP contribution is 2.41. The minimum absolute atomic E-state index is 1.03. The third-order valence-corrected chi connectivity index (χ3v) is 7.35. The standard InChI is InChI=1S/C33H20N2/c1-2-10-23-19-24(14-13-20(23)7-1)29-27-17-15-21-8-3-5-11-25(21)30(27)34-32-28-18-16-22-9-4-6-12-26(22)31(28)35-33(29)32/h1-19,35H. The SMILES string of the molecule is c1ccc2cc(-c3c4ccc5ccccc5c4nc4c3[nH]c3c5ccccc5ccc43)ccc2c1. The van der Waals surface area contributed by atoms with Crippen molar-refractivity contribution in [3.63, 3.8) is 0 Å². The van der Waals surface area contributed by atoms with Crippen LogP contribution < -0.4 is 0 Å². The van der Waals surface area contributed by atoms with Gasteiger partial charge in [0, 0.05) is 27.1 Å². The van der Waals surface area contributed by atoms with Gasteiger partial charge in [0.25, 0.3) is 0 Å². The maximum Gasteiger partial charge on any atom is 0.0972 e. The largest absolute Gasteiger partial charge is 0.352 e. The highest BCUT2D eigenvalue weighted by molar-refractivity contribution is 6.24. The Morgan fingerprint density at radius 1 is 0.429 bits per heavy atom.